The summed E-state index contributed by atoms with van der Waals surface area (Å²) in [5, 5.41) is 0. The quantitative estimate of drug-likeness (QED) is 0.768. The van der Waals surface area contributed by atoms with Crippen LogP contribution in [0.15, 0.2) is 24.3 Å². The van der Waals surface area contributed by atoms with Crippen molar-refractivity contribution in [2.24, 2.45) is 0 Å². The Hall–Kier alpha value is -0.820. The number of piperidine rings is 1. The molecule has 1 aliphatic heterocycles. The van der Waals surface area contributed by atoms with Crippen molar-refractivity contribution in [1.82, 2.24) is 4.90 Å². The summed E-state index contributed by atoms with van der Waals surface area (Å²) in [6, 6.07) is 10.9. The monoisotopic (exact) mass is 271 g/mol. The molecule has 0 N–H and O–H groups in total. The summed E-state index contributed by atoms with van der Waals surface area (Å²) in [6.45, 7) is 8.30. The number of hydrogen-bond donors (Lipinski definition) is 0. The molecule has 2 unspecified atom stereocenters. The number of likely N-dealkylation sites (tertiary alicyclic amines) is 1. The largest absolute Gasteiger partial charge is 0.298 e. The van der Waals surface area contributed by atoms with Crippen LogP contribution in [-0.2, 0) is 5.41 Å². The van der Waals surface area contributed by atoms with Crippen molar-refractivity contribution in [2.45, 2.75) is 76.8 Å². The Bertz CT molecular complexity index is 433. The first-order valence-corrected chi connectivity index (χ1v) is 8.44. The van der Waals surface area contributed by atoms with Crippen LogP contribution in [0.2, 0.25) is 0 Å². The number of hydrogen-bond acceptors (Lipinski definition) is 1. The van der Waals surface area contributed by atoms with E-state index >= 15 is 0 Å². The van der Waals surface area contributed by atoms with Gasteiger partial charge in [-0.3, -0.25) is 4.90 Å². The number of aryl methyl sites for hydroxylation is 1. The van der Waals surface area contributed by atoms with Crippen LogP contribution in [0.3, 0.4) is 0 Å². The number of nitrogens with zero attached hydrogens (tertiary/aromatic N) is 1. The summed E-state index contributed by atoms with van der Waals surface area (Å²) >= 11 is 0. The molecule has 0 aromatic heterocycles. The Kier molecular flexibility index (Phi) is 3.90. The molecule has 2 aliphatic rings. The van der Waals surface area contributed by atoms with Crippen LogP contribution in [0.4, 0.5) is 0 Å². The van der Waals surface area contributed by atoms with Crippen LogP contribution in [0.1, 0.15) is 63.5 Å². The molecule has 0 spiro atoms. The van der Waals surface area contributed by atoms with Crippen molar-refractivity contribution in [3.8, 4) is 0 Å². The van der Waals surface area contributed by atoms with E-state index in [1.54, 1.807) is 5.56 Å². The molecule has 1 aromatic carbocycles. The van der Waals surface area contributed by atoms with Crippen LogP contribution in [-0.4, -0.2) is 23.5 Å². The van der Waals surface area contributed by atoms with Crippen molar-refractivity contribution >= 4 is 0 Å². The third-order valence-electron chi connectivity index (χ3n) is 5.74. The molecule has 1 nitrogen and oxygen atoms in total. The van der Waals surface area contributed by atoms with E-state index in [-0.39, 0.29) is 0 Å². The molecule has 2 fully saturated rings. The smallest absolute Gasteiger partial charge is 0.00697 e. The minimum absolute atomic E-state index is 0.518. The van der Waals surface area contributed by atoms with Gasteiger partial charge in [-0.05, 0) is 70.4 Å². The van der Waals surface area contributed by atoms with Crippen LogP contribution < -0.4 is 0 Å². The molecule has 0 amide bonds. The van der Waals surface area contributed by atoms with Crippen LogP contribution in [0.25, 0.3) is 0 Å². The van der Waals surface area contributed by atoms with Gasteiger partial charge in [0, 0.05) is 12.1 Å². The second-order valence-corrected chi connectivity index (χ2v) is 7.26. The van der Waals surface area contributed by atoms with Gasteiger partial charge in [0.25, 0.3) is 0 Å². The Morgan fingerprint density at radius 1 is 1.05 bits per heavy atom. The van der Waals surface area contributed by atoms with E-state index in [2.05, 4.69) is 49.9 Å². The molecule has 0 bridgehead atoms. The van der Waals surface area contributed by atoms with E-state index in [4.69, 9.17) is 0 Å². The third-order valence-corrected chi connectivity index (χ3v) is 5.74. The first kappa shape index (κ1) is 14.1. The van der Waals surface area contributed by atoms with Gasteiger partial charge >= 0.3 is 0 Å². The van der Waals surface area contributed by atoms with Crippen LogP contribution in [0.5, 0.6) is 0 Å². The summed E-state index contributed by atoms with van der Waals surface area (Å²) in [4.78, 5) is 2.76. The van der Waals surface area contributed by atoms with E-state index in [0.717, 1.165) is 12.1 Å². The molecule has 110 valence electrons. The Morgan fingerprint density at radius 2 is 1.65 bits per heavy atom. The van der Waals surface area contributed by atoms with Crippen LogP contribution >= 0.6 is 0 Å². The second kappa shape index (κ2) is 5.52. The maximum Gasteiger partial charge on any atom is 0.00697 e. The van der Waals surface area contributed by atoms with Gasteiger partial charge in [-0.15, -0.1) is 0 Å². The Labute approximate surface area is 124 Å². The summed E-state index contributed by atoms with van der Waals surface area (Å²) in [6.07, 6.45) is 8.34. The SMILES string of the molecule is Cc1ccc(C2(CCN3C(C)CCCC3C)CC2)cc1. The zero-order chi connectivity index (χ0) is 14.2. The highest BCUT2D eigenvalue weighted by atomic mass is 15.2. The predicted molar refractivity (Wildman–Crippen MR) is 86.2 cm³/mol. The molecular weight excluding hydrogens is 242 g/mol. The molecule has 3 rings (SSSR count). The average molecular weight is 271 g/mol. The standard InChI is InChI=1S/C19H29N/c1-15-7-9-18(10-8-15)19(11-12-19)13-14-20-16(2)5-4-6-17(20)3/h7-10,16-17H,4-6,11-14H2,1-3H3. The Balaban J connectivity index is 1.64. The summed E-state index contributed by atoms with van der Waals surface area (Å²) in [5.74, 6) is 0. The second-order valence-electron chi connectivity index (χ2n) is 7.26. The van der Waals surface area contributed by atoms with Gasteiger partial charge in [0.15, 0.2) is 0 Å². The zero-order valence-electron chi connectivity index (χ0n) is 13.4. The molecule has 1 heteroatoms. The van der Waals surface area contributed by atoms with Gasteiger partial charge in [-0.25, -0.2) is 0 Å². The molecular formula is C19H29N. The highest BCUT2D eigenvalue weighted by Crippen LogP contribution is 2.51. The third kappa shape index (κ3) is 2.79. The van der Waals surface area contributed by atoms with Crippen molar-refractivity contribution in [3.05, 3.63) is 35.4 Å². The fourth-order valence-electron chi connectivity index (χ4n) is 4.00. The number of benzene rings is 1. The molecule has 20 heavy (non-hydrogen) atoms. The van der Waals surface area contributed by atoms with E-state index in [1.165, 1.54) is 50.6 Å². The minimum atomic E-state index is 0.518. The summed E-state index contributed by atoms with van der Waals surface area (Å²) in [5.41, 5.74) is 3.48. The van der Waals surface area contributed by atoms with Crippen LogP contribution in [0, 0.1) is 6.92 Å². The van der Waals surface area contributed by atoms with E-state index in [1.807, 2.05) is 0 Å². The summed E-state index contributed by atoms with van der Waals surface area (Å²) < 4.78 is 0. The normalized spacial score (nSPS) is 29.4. The first-order chi connectivity index (χ1) is 9.61. The van der Waals surface area contributed by atoms with Gasteiger partial charge in [-0.1, -0.05) is 36.2 Å². The molecule has 2 atom stereocenters. The van der Waals surface area contributed by atoms with Gasteiger partial charge in [0.1, 0.15) is 0 Å². The fourth-order valence-corrected chi connectivity index (χ4v) is 4.00. The van der Waals surface area contributed by atoms with E-state index in [0.29, 0.717) is 5.41 Å². The highest BCUT2D eigenvalue weighted by molar-refractivity contribution is 5.33. The van der Waals surface area contributed by atoms with Gasteiger partial charge in [-0.2, -0.15) is 0 Å². The molecule has 1 heterocycles. The lowest BCUT2D eigenvalue weighted by molar-refractivity contribution is 0.0984. The molecule has 0 radical (unpaired) electrons. The molecule has 1 aromatic rings. The maximum atomic E-state index is 2.76. The lowest BCUT2D eigenvalue weighted by Crippen LogP contribution is -2.44. The first-order valence-electron chi connectivity index (χ1n) is 8.44. The predicted octanol–water partition coefficient (Wildman–Crippen LogP) is 4.68. The highest BCUT2D eigenvalue weighted by Gasteiger charge is 2.44. The van der Waals surface area contributed by atoms with Gasteiger partial charge in [0.2, 0.25) is 0 Å². The van der Waals surface area contributed by atoms with E-state index in [9.17, 15) is 0 Å². The molecule has 1 saturated carbocycles. The Morgan fingerprint density at radius 3 is 2.20 bits per heavy atom. The lowest BCUT2D eigenvalue weighted by Gasteiger charge is -2.39. The van der Waals surface area contributed by atoms with E-state index < -0.39 is 0 Å². The molecule has 1 aliphatic carbocycles. The van der Waals surface area contributed by atoms with Crippen molar-refractivity contribution in [3.63, 3.8) is 0 Å². The van der Waals surface area contributed by atoms with Crippen molar-refractivity contribution < 1.29 is 0 Å². The van der Waals surface area contributed by atoms with Crippen molar-refractivity contribution in [2.75, 3.05) is 6.54 Å². The molecule has 1 saturated heterocycles. The van der Waals surface area contributed by atoms with Crippen molar-refractivity contribution in [1.29, 1.82) is 0 Å². The average Bonchev–Trinajstić information content (AvgIpc) is 3.20. The zero-order valence-corrected chi connectivity index (χ0v) is 13.4. The fraction of sp³-hybridized carbons (Fsp3) is 0.684. The minimum Gasteiger partial charge on any atom is -0.298 e. The van der Waals surface area contributed by atoms with Gasteiger partial charge < -0.3 is 0 Å². The lowest BCUT2D eigenvalue weighted by atomic mass is 9.90. The topological polar surface area (TPSA) is 3.24 Å². The van der Waals surface area contributed by atoms with Gasteiger partial charge in [0.05, 0.1) is 0 Å². The maximum absolute atomic E-state index is 2.76. The number of rotatable bonds is 4. The summed E-state index contributed by atoms with van der Waals surface area (Å²) in [7, 11) is 0.